The molecular weight excluding hydrogens is 641 g/mol. The molecule has 0 saturated heterocycles. The van der Waals surface area contributed by atoms with Crippen molar-refractivity contribution in [1.82, 2.24) is 0 Å². The Bertz CT molecular complexity index is 1450. The molecule has 0 spiro atoms. The first kappa shape index (κ1) is 41.2. The summed E-state index contributed by atoms with van der Waals surface area (Å²) in [6.07, 6.45) is 10.5. The predicted molar refractivity (Wildman–Crippen MR) is 210 cm³/mol. The highest BCUT2D eigenvalue weighted by Crippen LogP contribution is 2.44. The van der Waals surface area contributed by atoms with Crippen LogP contribution in [0.2, 0.25) is 0 Å². The SMILES string of the molecule is CCCC(C)(C)c1cc(Cc2cc(C)ccc2OC(=O)CCSCCC(=O)OCCCCCCc2ccccc2)cc(C(C)(C)CCC)c1O. The monoisotopic (exact) mass is 702 g/mol. The normalized spacial score (nSPS) is 11.8. The molecule has 3 aromatic carbocycles. The van der Waals surface area contributed by atoms with Gasteiger partial charge < -0.3 is 14.6 Å². The van der Waals surface area contributed by atoms with Gasteiger partial charge in [0.25, 0.3) is 0 Å². The average molecular weight is 703 g/mol. The van der Waals surface area contributed by atoms with Gasteiger partial charge in [-0.2, -0.15) is 11.8 Å². The maximum atomic E-state index is 12.9. The van der Waals surface area contributed by atoms with Crippen LogP contribution in [-0.4, -0.2) is 35.2 Å². The second-order valence-corrected chi connectivity index (χ2v) is 16.3. The number of carbonyl (C=O) groups excluding carboxylic acids is 2. The van der Waals surface area contributed by atoms with Crippen molar-refractivity contribution >= 4 is 23.7 Å². The van der Waals surface area contributed by atoms with Crippen molar-refractivity contribution in [3.63, 3.8) is 0 Å². The maximum absolute atomic E-state index is 12.9. The van der Waals surface area contributed by atoms with E-state index in [1.165, 1.54) is 5.56 Å². The van der Waals surface area contributed by atoms with E-state index in [4.69, 9.17) is 9.47 Å². The van der Waals surface area contributed by atoms with Crippen molar-refractivity contribution in [2.24, 2.45) is 0 Å². The Kier molecular flexibility index (Phi) is 16.9. The lowest BCUT2D eigenvalue weighted by atomic mass is 9.73. The fraction of sp³-hybridized carbons (Fsp3) is 0.545. The first-order chi connectivity index (χ1) is 23.9. The zero-order chi connectivity index (χ0) is 36.6. The molecule has 0 bridgehead atoms. The smallest absolute Gasteiger partial charge is 0.312 e. The Balaban J connectivity index is 1.49. The summed E-state index contributed by atoms with van der Waals surface area (Å²) in [5.74, 6) is 1.73. The first-order valence-electron chi connectivity index (χ1n) is 18.8. The molecule has 5 nitrogen and oxygen atoms in total. The van der Waals surface area contributed by atoms with Crippen molar-refractivity contribution in [3.8, 4) is 11.5 Å². The van der Waals surface area contributed by atoms with Crippen LogP contribution in [-0.2, 0) is 38.0 Å². The third-order valence-electron chi connectivity index (χ3n) is 9.58. The molecule has 3 aromatic rings. The van der Waals surface area contributed by atoms with E-state index in [0.717, 1.165) is 85.6 Å². The average Bonchev–Trinajstić information content (AvgIpc) is 3.06. The summed E-state index contributed by atoms with van der Waals surface area (Å²) in [5.41, 5.74) is 6.15. The molecule has 0 saturated carbocycles. The number of phenols is 1. The molecule has 3 rings (SSSR count). The van der Waals surface area contributed by atoms with Crippen LogP contribution in [0.25, 0.3) is 0 Å². The summed E-state index contributed by atoms with van der Waals surface area (Å²) >= 11 is 1.57. The molecule has 0 radical (unpaired) electrons. The van der Waals surface area contributed by atoms with Crippen LogP contribution < -0.4 is 4.74 Å². The summed E-state index contributed by atoms with van der Waals surface area (Å²) in [5, 5.41) is 11.6. The minimum absolute atomic E-state index is 0.176. The van der Waals surface area contributed by atoms with E-state index < -0.39 is 0 Å². The molecule has 274 valence electrons. The number of phenolic OH excluding ortho intramolecular Hbond substituents is 1. The largest absolute Gasteiger partial charge is 0.507 e. The molecule has 0 heterocycles. The Hall–Kier alpha value is -3.25. The molecule has 0 atom stereocenters. The minimum Gasteiger partial charge on any atom is -0.507 e. The maximum Gasteiger partial charge on any atom is 0.312 e. The lowest BCUT2D eigenvalue weighted by molar-refractivity contribution is -0.143. The number of ether oxygens (including phenoxy) is 2. The number of unbranched alkanes of at least 4 members (excludes halogenated alkanes) is 3. The van der Waals surface area contributed by atoms with Crippen LogP contribution in [0, 0.1) is 6.92 Å². The number of thioether (sulfide) groups is 1. The van der Waals surface area contributed by atoms with Gasteiger partial charge in [0.15, 0.2) is 0 Å². The molecule has 0 aliphatic carbocycles. The van der Waals surface area contributed by atoms with Gasteiger partial charge in [0.1, 0.15) is 11.5 Å². The fourth-order valence-corrected chi connectivity index (χ4v) is 7.61. The summed E-state index contributed by atoms with van der Waals surface area (Å²) in [6, 6.07) is 20.8. The van der Waals surface area contributed by atoms with E-state index in [-0.39, 0.29) is 29.2 Å². The number of hydrogen-bond donors (Lipinski definition) is 1. The molecule has 0 aliphatic heterocycles. The zero-order valence-electron chi connectivity index (χ0n) is 31.9. The lowest BCUT2D eigenvalue weighted by Gasteiger charge is -2.32. The van der Waals surface area contributed by atoms with Gasteiger partial charge in [-0.3, -0.25) is 9.59 Å². The van der Waals surface area contributed by atoms with E-state index in [2.05, 4.69) is 84.0 Å². The Morgan fingerprint density at radius 2 is 1.34 bits per heavy atom. The van der Waals surface area contributed by atoms with Crippen LogP contribution in [0.15, 0.2) is 60.7 Å². The second kappa shape index (κ2) is 20.6. The van der Waals surface area contributed by atoms with Gasteiger partial charge >= 0.3 is 11.9 Å². The molecule has 0 aliphatic rings. The van der Waals surface area contributed by atoms with Crippen LogP contribution in [0.4, 0.5) is 0 Å². The third-order valence-corrected chi connectivity index (χ3v) is 10.6. The summed E-state index contributed by atoms with van der Waals surface area (Å²) < 4.78 is 11.3. The molecule has 0 aromatic heterocycles. The van der Waals surface area contributed by atoms with Gasteiger partial charge in [-0.15, -0.1) is 0 Å². The number of carbonyl (C=O) groups is 2. The van der Waals surface area contributed by atoms with Gasteiger partial charge in [-0.1, -0.05) is 127 Å². The number of esters is 2. The molecule has 0 fully saturated rings. The zero-order valence-corrected chi connectivity index (χ0v) is 32.7. The first-order valence-corrected chi connectivity index (χ1v) is 20.0. The Morgan fingerprint density at radius 3 is 1.96 bits per heavy atom. The van der Waals surface area contributed by atoms with E-state index >= 15 is 0 Å². The Morgan fingerprint density at radius 1 is 0.740 bits per heavy atom. The second-order valence-electron chi connectivity index (χ2n) is 15.1. The third kappa shape index (κ3) is 13.5. The number of benzene rings is 3. The number of rotatable bonds is 22. The molecule has 0 unspecified atom stereocenters. The van der Waals surface area contributed by atoms with Crippen LogP contribution in [0.3, 0.4) is 0 Å². The number of aryl methyl sites for hydroxylation is 2. The van der Waals surface area contributed by atoms with Crippen molar-refractivity contribution in [2.45, 2.75) is 136 Å². The van der Waals surface area contributed by atoms with E-state index in [1.807, 2.05) is 25.1 Å². The quantitative estimate of drug-likeness (QED) is 0.0638. The number of aromatic hydroxyl groups is 1. The summed E-state index contributed by atoms with van der Waals surface area (Å²) in [4.78, 5) is 25.1. The lowest BCUT2D eigenvalue weighted by Crippen LogP contribution is -2.22. The Labute approximate surface area is 307 Å². The minimum atomic E-state index is -0.280. The molecule has 6 heteroatoms. The summed E-state index contributed by atoms with van der Waals surface area (Å²) in [7, 11) is 0. The number of hydrogen-bond acceptors (Lipinski definition) is 6. The molecule has 1 N–H and O–H groups in total. The predicted octanol–water partition coefficient (Wildman–Crippen LogP) is 11.2. The molecular formula is C44H62O5S. The standard InChI is InChI=1S/C44H62O5S/c1-8-24-43(4,5)37-31-35(32-38(42(37)47)44(6,7)25-9-2)30-36-29-33(3)20-21-39(36)49-41(46)23-28-50-27-22-40(45)48-26-16-11-10-13-17-34-18-14-12-15-19-34/h12,14-15,18-21,29,31-32,47H,8-11,13,16-17,22-28,30H2,1-7H3. The van der Waals surface area contributed by atoms with E-state index in [0.29, 0.717) is 42.5 Å². The molecule has 0 amide bonds. The van der Waals surface area contributed by atoms with Crippen LogP contribution >= 0.6 is 11.8 Å². The van der Waals surface area contributed by atoms with Gasteiger partial charge in [0.2, 0.25) is 0 Å². The topological polar surface area (TPSA) is 72.8 Å². The van der Waals surface area contributed by atoms with E-state index in [1.54, 1.807) is 11.8 Å². The van der Waals surface area contributed by atoms with Gasteiger partial charge in [-0.05, 0) is 72.6 Å². The highest BCUT2D eigenvalue weighted by Gasteiger charge is 2.31. The van der Waals surface area contributed by atoms with Crippen LogP contribution in [0.1, 0.15) is 139 Å². The van der Waals surface area contributed by atoms with Gasteiger partial charge in [0.05, 0.1) is 19.4 Å². The van der Waals surface area contributed by atoms with E-state index in [9.17, 15) is 14.7 Å². The van der Waals surface area contributed by atoms with Gasteiger partial charge in [0, 0.05) is 29.1 Å². The fourth-order valence-electron chi connectivity index (χ4n) is 6.79. The molecule has 50 heavy (non-hydrogen) atoms. The van der Waals surface area contributed by atoms with Crippen LogP contribution in [0.5, 0.6) is 11.5 Å². The van der Waals surface area contributed by atoms with Crippen molar-refractivity contribution in [2.75, 3.05) is 18.1 Å². The van der Waals surface area contributed by atoms with Gasteiger partial charge in [-0.25, -0.2) is 0 Å². The summed E-state index contributed by atoms with van der Waals surface area (Å²) in [6.45, 7) is 15.7. The van der Waals surface area contributed by atoms with Crippen molar-refractivity contribution < 1.29 is 24.2 Å². The van der Waals surface area contributed by atoms with Crippen molar-refractivity contribution in [1.29, 1.82) is 0 Å². The highest BCUT2D eigenvalue weighted by atomic mass is 32.2. The highest BCUT2D eigenvalue weighted by molar-refractivity contribution is 7.99. The van der Waals surface area contributed by atoms with Crippen molar-refractivity contribution in [3.05, 3.63) is 94.0 Å².